The summed E-state index contributed by atoms with van der Waals surface area (Å²) in [5.74, 6) is -0.680. The van der Waals surface area contributed by atoms with Crippen molar-refractivity contribution < 1.29 is 14.6 Å². The van der Waals surface area contributed by atoms with Crippen LogP contribution in [0.15, 0.2) is 30.2 Å². The normalized spacial score (nSPS) is 32.3. The van der Waals surface area contributed by atoms with E-state index < -0.39 is 11.4 Å². The van der Waals surface area contributed by atoms with Gasteiger partial charge in [0, 0.05) is 11.6 Å². The maximum Gasteiger partial charge on any atom is 0.164 e. The first-order valence-electron chi connectivity index (χ1n) is 7.84. The molecular formula is C17H21N3O3. The molecule has 0 spiro atoms. The predicted octanol–water partition coefficient (Wildman–Crippen LogP) is 2.12. The second kappa shape index (κ2) is 4.63. The molecule has 6 heteroatoms. The number of aliphatic hydroxyl groups excluding tert-OH is 1. The molecule has 23 heavy (non-hydrogen) atoms. The number of hydrogen-bond acceptors (Lipinski definition) is 5. The summed E-state index contributed by atoms with van der Waals surface area (Å²) in [5.41, 5.74) is 2.05. The molecule has 3 heterocycles. The Balaban J connectivity index is 1.85. The second-order valence-electron chi connectivity index (χ2n) is 6.91. The van der Waals surface area contributed by atoms with Crippen LogP contribution in [0.1, 0.15) is 32.5 Å². The molecule has 0 radical (unpaired) electrons. The Labute approximate surface area is 134 Å². The summed E-state index contributed by atoms with van der Waals surface area (Å²) in [6, 6.07) is 1.95. The highest BCUT2D eigenvalue weighted by atomic mass is 16.8. The molecule has 6 nitrogen and oxygen atoms in total. The molecule has 2 aromatic rings. The topological polar surface area (TPSA) is 69.4 Å². The van der Waals surface area contributed by atoms with Crippen LogP contribution >= 0.6 is 0 Å². The lowest BCUT2D eigenvalue weighted by Gasteiger charge is -2.27. The van der Waals surface area contributed by atoms with Crippen molar-refractivity contribution in [2.24, 2.45) is 0 Å². The Morgan fingerprint density at radius 2 is 2.09 bits per heavy atom. The van der Waals surface area contributed by atoms with Crippen molar-refractivity contribution in [3.63, 3.8) is 0 Å². The lowest BCUT2D eigenvalue weighted by atomic mass is 9.95. The van der Waals surface area contributed by atoms with E-state index in [4.69, 9.17) is 9.47 Å². The van der Waals surface area contributed by atoms with Crippen molar-refractivity contribution in [3.05, 3.63) is 35.9 Å². The highest BCUT2D eigenvalue weighted by Gasteiger charge is 2.58. The van der Waals surface area contributed by atoms with E-state index in [1.165, 1.54) is 0 Å². The van der Waals surface area contributed by atoms with Crippen LogP contribution in [-0.2, 0) is 9.47 Å². The Morgan fingerprint density at radius 3 is 2.83 bits per heavy atom. The number of rotatable bonds is 2. The van der Waals surface area contributed by atoms with Crippen molar-refractivity contribution >= 4 is 11.0 Å². The van der Waals surface area contributed by atoms with Crippen LogP contribution in [0.4, 0.5) is 0 Å². The summed E-state index contributed by atoms with van der Waals surface area (Å²) in [6.07, 6.45) is 5.42. The van der Waals surface area contributed by atoms with Crippen LogP contribution < -0.4 is 0 Å². The highest BCUT2D eigenvalue weighted by Crippen LogP contribution is 2.50. The molecule has 1 aliphatic heterocycles. The number of ether oxygens (including phenoxy) is 2. The Morgan fingerprint density at radius 1 is 1.30 bits per heavy atom. The molecule has 1 saturated heterocycles. The quantitative estimate of drug-likeness (QED) is 0.860. The van der Waals surface area contributed by atoms with Gasteiger partial charge in [-0.3, -0.25) is 0 Å². The molecule has 0 amide bonds. The third-order valence-corrected chi connectivity index (χ3v) is 4.93. The standard InChI is InChI=1S/C17H21N3O3/c1-10-12-5-6-20(15(12)19-9-18-10)13-7-11(8-21)17(4)14(13)22-16(2,3)23-17/h5-7,9,13-14,21H,8H2,1-4H3/t13-,14+,17-/m1/s1. The molecule has 1 N–H and O–H groups in total. The third kappa shape index (κ3) is 1.99. The number of aryl methyl sites for hydroxylation is 1. The van der Waals surface area contributed by atoms with Gasteiger partial charge in [0.1, 0.15) is 23.7 Å². The molecule has 4 rings (SSSR count). The van der Waals surface area contributed by atoms with Crippen molar-refractivity contribution in [1.29, 1.82) is 0 Å². The van der Waals surface area contributed by atoms with Crippen LogP contribution in [-0.4, -0.2) is 43.7 Å². The van der Waals surface area contributed by atoms with Crippen LogP contribution in [0, 0.1) is 6.92 Å². The van der Waals surface area contributed by atoms with Crippen LogP contribution in [0.25, 0.3) is 11.0 Å². The van der Waals surface area contributed by atoms with E-state index in [1.54, 1.807) is 6.33 Å². The first-order chi connectivity index (χ1) is 10.9. The SMILES string of the molecule is Cc1ncnc2c1ccn2[C@@H]1C=C(CO)[C@@]2(C)OC(C)(C)O[C@@H]12. The fraction of sp³-hybridized carbons (Fsp3) is 0.529. The maximum atomic E-state index is 9.78. The van der Waals surface area contributed by atoms with Gasteiger partial charge >= 0.3 is 0 Å². The first kappa shape index (κ1) is 14.8. The maximum absolute atomic E-state index is 9.78. The van der Waals surface area contributed by atoms with Gasteiger partial charge in [0.05, 0.1) is 18.3 Å². The molecule has 2 aliphatic rings. The van der Waals surface area contributed by atoms with Crippen LogP contribution in [0.2, 0.25) is 0 Å². The molecule has 0 unspecified atom stereocenters. The molecule has 1 aliphatic carbocycles. The van der Waals surface area contributed by atoms with Gasteiger partial charge in [0.15, 0.2) is 5.79 Å². The summed E-state index contributed by atoms with van der Waals surface area (Å²) in [4.78, 5) is 8.68. The minimum atomic E-state index is -0.680. The van der Waals surface area contributed by atoms with Gasteiger partial charge in [-0.25, -0.2) is 9.97 Å². The molecule has 122 valence electrons. The van der Waals surface area contributed by atoms with Gasteiger partial charge in [0.2, 0.25) is 0 Å². The number of fused-ring (bicyclic) bond motifs is 2. The highest BCUT2D eigenvalue weighted by molar-refractivity contribution is 5.78. The zero-order chi connectivity index (χ0) is 16.4. The number of nitrogens with zero attached hydrogens (tertiary/aromatic N) is 3. The van der Waals surface area contributed by atoms with E-state index in [9.17, 15) is 5.11 Å². The third-order valence-electron chi connectivity index (χ3n) is 4.93. The molecular weight excluding hydrogens is 294 g/mol. The summed E-state index contributed by atoms with van der Waals surface area (Å²) in [5, 5.41) is 10.8. The zero-order valence-corrected chi connectivity index (χ0v) is 13.8. The van der Waals surface area contributed by atoms with E-state index in [0.29, 0.717) is 0 Å². The molecule has 0 saturated carbocycles. The Hall–Kier alpha value is -1.76. The molecule has 2 aromatic heterocycles. The van der Waals surface area contributed by atoms with Gasteiger partial charge in [0.25, 0.3) is 0 Å². The lowest BCUT2D eigenvalue weighted by molar-refractivity contribution is -0.158. The molecule has 0 aromatic carbocycles. The second-order valence-corrected chi connectivity index (χ2v) is 6.91. The van der Waals surface area contributed by atoms with Crippen molar-refractivity contribution in [1.82, 2.24) is 14.5 Å². The largest absolute Gasteiger partial charge is 0.392 e. The van der Waals surface area contributed by atoms with Crippen molar-refractivity contribution in [2.45, 2.75) is 51.2 Å². The summed E-state index contributed by atoms with van der Waals surface area (Å²) in [7, 11) is 0. The molecule has 3 atom stereocenters. The summed E-state index contributed by atoms with van der Waals surface area (Å²) < 4.78 is 14.4. The van der Waals surface area contributed by atoms with E-state index in [2.05, 4.69) is 14.5 Å². The van der Waals surface area contributed by atoms with Crippen LogP contribution in [0.5, 0.6) is 0 Å². The van der Waals surface area contributed by atoms with Crippen molar-refractivity contribution in [2.75, 3.05) is 6.61 Å². The number of aromatic nitrogens is 3. The smallest absolute Gasteiger partial charge is 0.164 e. The fourth-order valence-corrected chi connectivity index (χ4v) is 3.89. The van der Waals surface area contributed by atoms with Gasteiger partial charge in [-0.2, -0.15) is 0 Å². The zero-order valence-electron chi connectivity index (χ0n) is 13.8. The molecule has 1 fully saturated rings. The van der Waals surface area contributed by atoms with Gasteiger partial charge < -0.3 is 19.1 Å². The van der Waals surface area contributed by atoms with E-state index in [1.807, 2.05) is 46.0 Å². The lowest BCUT2D eigenvalue weighted by Crippen LogP contribution is -2.39. The average molecular weight is 315 g/mol. The van der Waals surface area contributed by atoms with E-state index in [0.717, 1.165) is 22.3 Å². The predicted molar refractivity (Wildman–Crippen MR) is 84.9 cm³/mol. The van der Waals surface area contributed by atoms with Crippen molar-refractivity contribution in [3.8, 4) is 0 Å². The Bertz CT molecular complexity index is 811. The number of aliphatic hydroxyl groups is 1. The average Bonchev–Trinajstić information content (AvgIpc) is 3.07. The van der Waals surface area contributed by atoms with Gasteiger partial charge in [-0.05, 0) is 39.3 Å². The monoisotopic (exact) mass is 315 g/mol. The van der Waals surface area contributed by atoms with Gasteiger partial charge in [-0.15, -0.1) is 0 Å². The van der Waals surface area contributed by atoms with Gasteiger partial charge in [-0.1, -0.05) is 6.08 Å². The van der Waals surface area contributed by atoms with Crippen LogP contribution in [0.3, 0.4) is 0 Å². The van der Waals surface area contributed by atoms with E-state index in [-0.39, 0.29) is 18.8 Å². The van der Waals surface area contributed by atoms with E-state index >= 15 is 0 Å². The summed E-state index contributed by atoms with van der Waals surface area (Å²) >= 11 is 0. The summed E-state index contributed by atoms with van der Waals surface area (Å²) in [6.45, 7) is 7.72. The minimum Gasteiger partial charge on any atom is -0.392 e. The molecule has 0 bridgehead atoms. The fourth-order valence-electron chi connectivity index (χ4n) is 3.89. The minimum absolute atomic E-state index is 0.0455. The Kier molecular flexibility index (Phi) is 2.98. The first-order valence-corrected chi connectivity index (χ1v) is 7.84. The number of hydrogen-bond donors (Lipinski definition) is 1.